The first kappa shape index (κ1) is 16.6. The molecule has 4 rings (SSSR count). The van der Waals surface area contributed by atoms with Gasteiger partial charge in [0.05, 0.1) is 18.3 Å². The van der Waals surface area contributed by atoms with Crippen molar-refractivity contribution in [2.45, 2.75) is 25.9 Å². The van der Waals surface area contributed by atoms with E-state index in [1.165, 1.54) is 0 Å². The fraction of sp³-hybridized carbons (Fsp3) is 0.389. The first-order chi connectivity index (χ1) is 12.6. The topological polar surface area (TPSA) is 96.7 Å². The van der Waals surface area contributed by atoms with E-state index in [0.717, 1.165) is 18.4 Å². The number of hydrogen-bond donors (Lipinski definition) is 2. The van der Waals surface area contributed by atoms with Crippen molar-refractivity contribution in [2.24, 2.45) is 5.41 Å². The highest BCUT2D eigenvalue weighted by atomic mass is 16.5. The molecule has 2 heterocycles. The van der Waals surface area contributed by atoms with Crippen molar-refractivity contribution < 1.29 is 19.5 Å². The summed E-state index contributed by atoms with van der Waals surface area (Å²) in [4.78, 5) is 30.6. The van der Waals surface area contributed by atoms with Gasteiger partial charge in [-0.1, -0.05) is 6.07 Å². The van der Waals surface area contributed by atoms with E-state index in [9.17, 15) is 9.59 Å². The highest BCUT2D eigenvalue weighted by Gasteiger charge is 2.52. The molecule has 8 heteroatoms. The van der Waals surface area contributed by atoms with Crippen LogP contribution in [0.2, 0.25) is 0 Å². The monoisotopic (exact) mass is 356 g/mol. The van der Waals surface area contributed by atoms with E-state index < -0.39 is 5.91 Å². The number of nitrogens with zero attached hydrogens (tertiary/aromatic N) is 3. The van der Waals surface area contributed by atoms with E-state index in [1.54, 1.807) is 36.2 Å². The van der Waals surface area contributed by atoms with Gasteiger partial charge < -0.3 is 14.2 Å². The Morgan fingerprint density at radius 2 is 2.19 bits per heavy atom. The molecule has 1 aromatic heterocycles. The molecule has 0 atom stereocenters. The molecule has 1 saturated carbocycles. The van der Waals surface area contributed by atoms with Crippen LogP contribution < -0.4 is 10.2 Å². The van der Waals surface area contributed by atoms with Gasteiger partial charge in [-0.25, -0.2) is 10.5 Å². The maximum Gasteiger partial charge on any atom is 0.274 e. The number of carbonyl (C=O) groups excluding carboxylic acids is 2. The van der Waals surface area contributed by atoms with E-state index in [2.05, 4.69) is 4.98 Å². The van der Waals surface area contributed by atoms with Crippen molar-refractivity contribution in [3.8, 4) is 5.75 Å². The number of benzene rings is 1. The SMILES string of the molecule is O=C(NO)c1ccc2c(c1)OCCN(C(=O)C1(Cn3ccnc3)CC1)C2. The molecule has 0 radical (unpaired) electrons. The molecule has 1 fully saturated rings. The van der Waals surface area contributed by atoms with Crippen LogP contribution in [0.3, 0.4) is 0 Å². The summed E-state index contributed by atoms with van der Waals surface area (Å²) in [7, 11) is 0. The highest BCUT2D eigenvalue weighted by Crippen LogP contribution is 2.49. The predicted molar refractivity (Wildman–Crippen MR) is 90.5 cm³/mol. The molecule has 2 aromatic rings. The Morgan fingerprint density at radius 3 is 2.88 bits per heavy atom. The Morgan fingerprint density at radius 1 is 1.35 bits per heavy atom. The summed E-state index contributed by atoms with van der Waals surface area (Å²) in [5, 5.41) is 8.76. The van der Waals surface area contributed by atoms with Crippen molar-refractivity contribution in [3.63, 3.8) is 0 Å². The van der Waals surface area contributed by atoms with Gasteiger partial charge in [0, 0.05) is 36.6 Å². The van der Waals surface area contributed by atoms with E-state index in [-0.39, 0.29) is 11.3 Å². The molecular weight excluding hydrogens is 336 g/mol. The van der Waals surface area contributed by atoms with Crippen molar-refractivity contribution in [2.75, 3.05) is 13.2 Å². The van der Waals surface area contributed by atoms with E-state index in [0.29, 0.717) is 37.6 Å². The first-order valence-corrected chi connectivity index (χ1v) is 8.57. The molecule has 1 aromatic carbocycles. The van der Waals surface area contributed by atoms with Crippen molar-refractivity contribution in [1.29, 1.82) is 0 Å². The van der Waals surface area contributed by atoms with Crippen LogP contribution in [0.15, 0.2) is 36.9 Å². The van der Waals surface area contributed by atoms with Crippen molar-refractivity contribution >= 4 is 11.8 Å². The third kappa shape index (κ3) is 3.03. The normalized spacial score (nSPS) is 17.7. The summed E-state index contributed by atoms with van der Waals surface area (Å²) < 4.78 is 7.68. The largest absolute Gasteiger partial charge is 0.491 e. The average molecular weight is 356 g/mol. The van der Waals surface area contributed by atoms with Crippen LogP contribution in [0.25, 0.3) is 0 Å². The molecule has 0 spiro atoms. The molecule has 0 bridgehead atoms. The van der Waals surface area contributed by atoms with E-state index in [4.69, 9.17) is 9.94 Å². The zero-order valence-electron chi connectivity index (χ0n) is 14.2. The summed E-state index contributed by atoms with van der Waals surface area (Å²) in [5.41, 5.74) is 2.43. The molecule has 1 aliphatic heterocycles. The second-order valence-corrected chi connectivity index (χ2v) is 6.85. The quantitative estimate of drug-likeness (QED) is 0.634. The summed E-state index contributed by atoms with van der Waals surface area (Å²) in [5.74, 6) is 0.117. The lowest BCUT2D eigenvalue weighted by Crippen LogP contribution is -2.39. The van der Waals surface area contributed by atoms with Crippen LogP contribution in [0.4, 0.5) is 0 Å². The minimum Gasteiger partial charge on any atom is -0.491 e. The molecule has 2 aliphatic rings. The van der Waals surface area contributed by atoms with E-state index >= 15 is 0 Å². The van der Waals surface area contributed by atoms with Crippen LogP contribution in [-0.4, -0.2) is 44.6 Å². The standard InChI is InChI=1S/C18H20N4O4/c23-16(20-25)13-1-2-14-10-22(7-8-26-15(14)9-13)17(24)18(3-4-18)11-21-6-5-19-12-21/h1-2,5-6,9,12,25H,3-4,7-8,10-11H2,(H,20,23). The van der Waals surface area contributed by atoms with Crippen LogP contribution in [0.1, 0.15) is 28.8 Å². The van der Waals surface area contributed by atoms with Gasteiger partial charge in [-0.3, -0.25) is 14.8 Å². The second-order valence-electron chi connectivity index (χ2n) is 6.85. The van der Waals surface area contributed by atoms with Crippen molar-refractivity contribution in [3.05, 3.63) is 48.0 Å². The Kier molecular flexibility index (Phi) is 4.12. The fourth-order valence-electron chi connectivity index (χ4n) is 3.40. The number of hydrogen-bond acceptors (Lipinski definition) is 5. The number of hydroxylamine groups is 1. The van der Waals surface area contributed by atoms with Gasteiger partial charge in [-0.15, -0.1) is 0 Å². The number of ether oxygens (including phenoxy) is 1. The van der Waals surface area contributed by atoms with Crippen LogP contribution in [-0.2, 0) is 17.9 Å². The maximum atomic E-state index is 13.1. The number of carbonyl (C=O) groups is 2. The van der Waals surface area contributed by atoms with Crippen LogP contribution >= 0.6 is 0 Å². The molecule has 0 unspecified atom stereocenters. The summed E-state index contributed by atoms with van der Waals surface area (Å²) in [6, 6.07) is 4.97. The number of rotatable bonds is 4. The van der Waals surface area contributed by atoms with Crippen molar-refractivity contribution in [1.82, 2.24) is 19.9 Å². The average Bonchev–Trinajstić information content (AvgIpc) is 3.32. The molecule has 2 amide bonds. The zero-order valence-corrected chi connectivity index (χ0v) is 14.2. The van der Waals surface area contributed by atoms with Gasteiger partial charge in [0.2, 0.25) is 5.91 Å². The Bertz CT molecular complexity index is 830. The molecule has 0 saturated heterocycles. The number of amides is 2. The van der Waals surface area contributed by atoms with Gasteiger partial charge in [-0.05, 0) is 25.0 Å². The second kappa shape index (κ2) is 6.45. The smallest absolute Gasteiger partial charge is 0.274 e. The molecule has 2 N–H and O–H groups in total. The molecule has 1 aliphatic carbocycles. The summed E-state index contributed by atoms with van der Waals surface area (Å²) >= 11 is 0. The van der Waals surface area contributed by atoms with Gasteiger partial charge in [0.1, 0.15) is 12.4 Å². The predicted octanol–water partition coefficient (Wildman–Crippen LogP) is 1.20. The third-order valence-electron chi connectivity index (χ3n) is 5.05. The number of fused-ring (bicyclic) bond motifs is 1. The Labute approximate surface area is 150 Å². The lowest BCUT2D eigenvalue weighted by atomic mass is 10.0. The van der Waals surface area contributed by atoms with Gasteiger partial charge >= 0.3 is 0 Å². The first-order valence-electron chi connectivity index (χ1n) is 8.57. The fourth-order valence-corrected chi connectivity index (χ4v) is 3.40. The van der Waals surface area contributed by atoms with Crippen LogP contribution in [0.5, 0.6) is 5.75 Å². The van der Waals surface area contributed by atoms with Gasteiger partial charge in [0.15, 0.2) is 0 Å². The number of nitrogens with one attached hydrogen (secondary N) is 1. The number of aromatic nitrogens is 2. The summed E-state index contributed by atoms with van der Waals surface area (Å²) in [6.07, 6.45) is 7.09. The molecular formula is C18H20N4O4. The van der Waals surface area contributed by atoms with E-state index in [1.807, 2.05) is 15.7 Å². The number of imidazole rings is 1. The Balaban J connectivity index is 1.52. The molecule has 26 heavy (non-hydrogen) atoms. The lowest BCUT2D eigenvalue weighted by molar-refractivity contribution is -0.138. The Hall–Kier alpha value is -2.87. The molecule has 136 valence electrons. The highest BCUT2D eigenvalue weighted by molar-refractivity contribution is 5.94. The molecule has 8 nitrogen and oxygen atoms in total. The maximum absolute atomic E-state index is 13.1. The van der Waals surface area contributed by atoms with Gasteiger partial charge in [0.25, 0.3) is 5.91 Å². The lowest BCUT2D eigenvalue weighted by Gasteiger charge is -2.26. The van der Waals surface area contributed by atoms with Gasteiger partial charge in [-0.2, -0.15) is 0 Å². The minimum absolute atomic E-state index is 0.139. The minimum atomic E-state index is -0.592. The van der Waals surface area contributed by atoms with Crippen LogP contribution in [0, 0.1) is 5.41 Å². The summed E-state index contributed by atoms with van der Waals surface area (Å²) in [6.45, 7) is 1.96. The zero-order chi connectivity index (χ0) is 18.1. The third-order valence-corrected chi connectivity index (χ3v) is 5.05.